The topological polar surface area (TPSA) is 58.4 Å². The van der Waals surface area contributed by atoms with E-state index in [0.717, 1.165) is 16.7 Å². The van der Waals surface area contributed by atoms with Gasteiger partial charge in [0, 0.05) is 22.7 Å². The number of hydrogen-bond donors (Lipinski definition) is 2. The molecule has 1 aromatic carbocycles. The van der Waals surface area contributed by atoms with E-state index in [1.165, 1.54) is 0 Å². The van der Waals surface area contributed by atoms with Gasteiger partial charge in [0.05, 0.1) is 12.2 Å². The summed E-state index contributed by atoms with van der Waals surface area (Å²) < 4.78 is 0.904. The van der Waals surface area contributed by atoms with E-state index in [-0.39, 0.29) is 11.9 Å². The van der Waals surface area contributed by atoms with Gasteiger partial charge >= 0.3 is 0 Å². The average molecular weight is 314 g/mol. The van der Waals surface area contributed by atoms with E-state index in [1.54, 1.807) is 0 Å². The van der Waals surface area contributed by atoms with E-state index in [4.69, 9.17) is 5.73 Å². The number of carbonyl (C=O) groups excluding carboxylic acids is 1. The van der Waals surface area contributed by atoms with Crippen molar-refractivity contribution in [3.8, 4) is 0 Å². The monoisotopic (exact) mass is 313 g/mol. The average Bonchev–Trinajstić information content (AvgIpc) is 2.25. The molecule has 1 aromatic rings. The smallest absolute Gasteiger partial charge is 0.239 e. The van der Waals surface area contributed by atoms with Gasteiger partial charge in [-0.2, -0.15) is 0 Å². The van der Waals surface area contributed by atoms with Gasteiger partial charge < -0.3 is 16.0 Å². The highest BCUT2D eigenvalue weighted by Gasteiger charge is 2.13. The van der Waals surface area contributed by atoms with Crippen LogP contribution in [0.3, 0.4) is 0 Å². The zero-order chi connectivity index (χ0) is 13.7. The van der Waals surface area contributed by atoms with Crippen molar-refractivity contribution in [1.82, 2.24) is 5.32 Å². The Morgan fingerprint density at radius 1 is 1.50 bits per heavy atom. The predicted octanol–water partition coefficient (Wildman–Crippen LogP) is 2.38. The molecule has 1 rings (SSSR count). The Labute approximate surface area is 117 Å². The number of nitrogens with two attached hydrogens (primary N) is 1. The van der Waals surface area contributed by atoms with Gasteiger partial charge in [0.25, 0.3) is 0 Å². The number of benzene rings is 1. The molecule has 0 aliphatic rings. The quantitative estimate of drug-likeness (QED) is 0.821. The van der Waals surface area contributed by atoms with Gasteiger partial charge in [-0.25, -0.2) is 0 Å². The fraction of sp³-hybridized carbons (Fsp3) is 0.462. The first kappa shape index (κ1) is 14.8. The van der Waals surface area contributed by atoms with E-state index < -0.39 is 0 Å². The molecule has 3 N–H and O–H groups in total. The van der Waals surface area contributed by atoms with Crippen LogP contribution in [-0.2, 0) is 4.79 Å². The molecule has 0 radical (unpaired) electrons. The van der Waals surface area contributed by atoms with Crippen molar-refractivity contribution >= 4 is 33.2 Å². The number of nitrogens with one attached hydrogen (secondary N) is 1. The summed E-state index contributed by atoms with van der Waals surface area (Å²) in [5.74, 6) is 0.0237. The number of anilines is 2. The third-order valence-corrected chi connectivity index (χ3v) is 3.11. The van der Waals surface area contributed by atoms with Crippen LogP contribution in [0.4, 0.5) is 11.4 Å². The summed E-state index contributed by atoms with van der Waals surface area (Å²) in [5.41, 5.74) is 7.39. The lowest BCUT2D eigenvalue weighted by molar-refractivity contribution is -0.120. The molecule has 0 saturated heterocycles. The molecule has 100 valence electrons. The molecule has 1 amide bonds. The molecule has 18 heavy (non-hydrogen) atoms. The first-order valence-electron chi connectivity index (χ1n) is 6.03. The predicted molar refractivity (Wildman–Crippen MR) is 79.7 cm³/mol. The molecular weight excluding hydrogens is 294 g/mol. The van der Waals surface area contributed by atoms with Crippen LogP contribution in [-0.4, -0.2) is 25.0 Å². The molecule has 0 fully saturated rings. The minimum Gasteiger partial charge on any atom is -0.399 e. The number of carbonyl (C=O) groups is 1. The van der Waals surface area contributed by atoms with Crippen molar-refractivity contribution < 1.29 is 4.79 Å². The van der Waals surface area contributed by atoms with Crippen LogP contribution < -0.4 is 16.0 Å². The van der Waals surface area contributed by atoms with Crippen molar-refractivity contribution in [3.63, 3.8) is 0 Å². The van der Waals surface area contributed by atoms with E-state index >= 15 is 0 Å². The lowest BCUT2D eigenvalue weighted by Crippen LogP contribution is -2.40. The fourth-order valence-corrected chi connectivity index (χ4v) is 2.34. The highest BCUT2D eigenvalue weighted by atomic mass is 79.9. The number of nitrogens with zero attached hydrogens (tertiary/aromatic N) is 1. The number of hydrogen-bond acceptors (Lipinski definition) is 3. The summed E-state index contributed by atoms with van der Waals surface area (Å²) in [5, 5.41) is 2.89. The third kappa shape index (κ3) is 4.22. The molecule has 0 heterocycles. The Kier molecular flexibility index (Phi) is 5.47. The summed E-state index contributed by atoms with van der Waals surface area (Å²) in [6.07, 6.45) is 0. The van der Waals surface area contributed by atoms with Crippen LogP contribution in [0.1, 0.15) is 20.8 Å². The molecule has 0 aliphatic heterocycles. The van der Waals surface area contributed by atoms with Crippen LogP contribution in [0.15, 0.2) is 22.7 Å². The van der Waals surface area contributed by atoms with Crippen LogP contribution in [0.5, 0.6) is 0 Å². The van der Waals surface area contributed by atoms with E-state index in [2.05, 4.69) is 21.2 Å². The maximum atomic E-state index is 11.8. The van der Waals surface area contributed by atoms with Gasteiger partial charge in [0.2, 0.25) is 5.91 Å². The molecule has 5 heteroatoms. The van der Waals surface area contributed by atoms with Crippen LogP contribution in [0.2, 0.25) is 0 Å². The van der Waals surface area contributed by atoms with Crippen LogP contribution in [0, 0.1) is 0 Å². The van der Waals surface area contributed by atoms with Crippen molar-refractivity contribution in [2.24, 2.45) is 0 Å². The maximum Gasteiger partial charge on any atom is 0.239 e. The second-order valence-corrected chi connectivity index (χ2v) is 5.30. The first-order valence-corrected chi connectivity index (χ1v) is 6.82. The van der Waals surface area contributed by atoms with Gasteiger partial charge in [-0.15, -0.1) is 0 Å². The van der Waals surface area contributed by atoms with Gasteiger partial charge in [-0.05, 0) is 54.9 Å². The Bertz CT molecular complexity index is 421. The molecule has 0 aromatic heterocycles. The zero-order valence-corrected chi connectivity index (χ0v) is 12.6. The zero-order valence-electron chi connectivity index (χ0n) is 11.0. The maximum absolute atomic E-state index is 11.8. The van der Waals surface area contributed by atoms with E-state index in [9.17, 15) is 4.79 Å². The molecule has 0 bridgehead atoms. The number of likely N-dealkylation sites (N-methyl/N-ethyl adjacent to an activating group) is 1. The molecule has 0 saturated carbocycles. The lowest BCUT2D eigenvalue weighted by Gasteiger charge is -2.24. The van der Waals surface area contributed by atoms with Crippen molar-refractivity contribution in [1.29, 1.82) is 0 Å². The van der Waals surface area contributed by atoms with E-state index in [0.29, 0.717) is 12.2 Å². The van der Waals surface area contributed by atoms with E-state index in [1.807, 2.05) is 43.9 Å². The Morgan fingerprint density at radius 2 is 2.17 bits per heavy atom. The third-order valence-electron chi connectivity index (χ3n) is 2.48. The normalized spacial score (nSPS) is 10.5. The second-order valence-electron chi connectivity index (χ2n) is 4.45. The fourth-order valence-electron chi connectivity index (χ4n) is 1.69. The molecule has 0 aliphatic carbocycles. The minimum absolute atomic E-state index is 0.0237. The number of amides is 1. The van der Waals surface area contributed by atoms with Crippen molar-refractivity contribution in [3.05, 3.63) is 22.7 Å². The van der Waals surface area contributed by atoms with Gasteiger partial charge in [0.1, 0.15) is 0 Å². The second kappa shape index (κ2) is 6.64. The highest BCUT2D eigenvalue weighted by molar-refractivity contribution is 9.10. The van der Waals surface area contributed by atoms with Crippen molar-refractivity contribution in [2.45, 2.75) is 26.8 Å². The number of halogens is 1. The van der Waals surface area contributed by atoms with Gasteiger partial charge in [-0.1, -0.05) is 0 Å². The molecule has 0 spiro atoms. The van der Waals surface area contributed by atoms with Gasteiger partial charge in [0.15, 0.2) is 0 Å². The summed E-state index contributed by atoms with van der Waals surface area (Å²) in [7, 11) is 0. The first-order chi connectivity index (χ1) is 8.43. The Morgan fingerprint density at radius 3 is 2.67 bits per heavy atom. The highest BCUT2D eigenvalue weighted by Crippen LogP contribution is 2.28. The molecule has 0 unspecified atom stereocenters. The molecular formula is C13H20BrN3O. The van der Waals surface area contributed by atoms with Crippen LogP contribution in [0.25, 0.3) is 0 Å². The SMILES string of the molecule is CCN(CC(=O)NC(C)C)c1ccc(N)cc1Br. The summed E-state index contributed by atoms with van der Waals surface area (Å²) in [4.78, 5) is 13.8. The lowest BCUT2D eigenvalue weighted by atomic mass is 10.2. The summed E-state index contributed by atoms with van der Waals surface area (Å²) >= 11 is 3.48. The molecule has 0 atom stereocenters. The minimum atomic E-state index is 0.0237. The van der Waals surface area contributed by atoms with Gasteiger partial charge in [-0.3, -0.25) is 4.79 Å². The number of nitrogen functional groups attached to an aromatic ring is 1. The summed E-state index contributed by atoms with van der Waals surface area (Å²) in [6.45, 7) is 7.03. The summed E-state index contributed by atoms with van der Waals surface area (Å²) in [6, 6.07) is 5.76. The number of rotatable bonds is 5. The molecule has 4 nitrogen and oxygen atoms in total. The van der Waals surface area contributed by atoms with Crippen LogP contribution >= 0.6 is 15.9 Å². The van der Waals surface area contributed by atoms with Crippen molar-refractivity contribution in [2.75, 3.05) is 23.7 Å². The Hall–Kier alpha value is -1.23. The largest absolute Gasteiger partial charge is 0.399 e. The Balaban J connectivity index is 2.80. The standard InChI is InChI=1S/C13H20BrN3O/c1-4-17(8-13(18)16-9(2)3)12-6-5-10(15)7-11(12)14/h5-7,9H,4,8,15H2,1-3H3,(H,16,18).